The molecular formula is C14H19FN2O. The quantitative estimate of drug-likeness (QED) is 0.843. The van der Waals surface area contributed by atoms with Gasteiger partial charge in [0.2, 0.25) is 0 Å². The first-order valence-electron chi connectivity index (χ1n) is 6.44. The highest BCUT2D eigenvalue weighted by molar-refractivity contribution is 5.94. The van der Waals surface area contributed by atoms with Crippen LogP contribution in [0.1, 0.15) is 35.2 Å². The van der Waals surface area contributed by atoms with E-state index in [0.29, 0.717) is 5.56 Å². The molecule has 1 aromatic carbocycles. The zero-order valence-corrected chi connectivity index (χ0v) is 10.6. The van der Waals surface area contributed by atoms with E-state index in [9.17, 15) is 9.18 Å². The Bertz CT molecular complexity index is 406. The van der Waals surface area contributed by atoms with Gasteiger partial charge in [-0.25, -0.2) is 4.39 Å². The van der Waals surface area contributed by atoms with Crippen molar-refractivity contribution in [3.05, 3.63) is 35.1 Å². The first-order chi connectivity index (χ1) is 8.65. The lowest BCUT2D eigenvalue weighted by molar-refractivity contribution is 0.0935. The molecule has 1 atom stereocenters. The molecule has 0 aliphatic carbocycles. The van der Waals surface area contributed by atoms with Crippen LogP contribution in [0.3, 0.4) is 0 Å². The summed E-state index contributed by atoms with van der Waals surface area (Å²) < 4.78 is 13.2. The molecule has 1 amide bonds. The number of aryl methyl sites for hydroxylation is 1. The molecule has 1 saturated heterocycles. The number of hydrogen-bond acceptors (Lipinski definition) is 2. The Morgan fingerprint density at radius 2 is 2.22 bits per heavy atom. The Labute approximate surface area is 107 Å². The minimum absolute atomic E-state index is 0.142. The summed E-state index contributed by atoms with van der Waals surface area (Å²) in [5.41, 5.74) is 1.16. The number of nitrogens with one attached hydrogen (secondary N) is 2. The predicted molar refractivity (Wildman–Crippen MR) is 69.1 cm³/mol. The second kappa shape index (κ2) is 5.96. The van der Waals surface area contributed by atoms with Crippen LogP contribution >= 0.6 is 0 Å². The number of amides is 1. The van der Waals surface area contributed by atoms with E-state index in [1.165, 1.54) is 12.1 Å². The largest absolute Gasteiger partial charge is 0.348 e. The Morgan fingerprint density at radius 3 is 3.00 bits per heavy atom. The maximum Gasteiger partial charge on any atom is 0.251 e. The van der Waals surface area contributed by atoms with E-state index in [4.69, 9.17) is 0 Å². The predicted octanol–water partition coefficient (Wildman–Crippen LogP) is 2.01. The van der Waals surface area contributed by atoms with Crippen molar-refractivity contribution >= 4 is 5.91 Å². The number of hydrogen-bond donors (Lipinski definition) is 2. The molecular weight excluding hydrogens is 231 g/mol. The first kappa shape index (κ1) is 13.0. The zero-order chi connectivity index (χ0) is 13.0. The molecule has 0 saturated carbocycles. The smallest absolute Gasteiger partial charge is 0.251 e. The van der Waals surface area contributed by atoms with Crippen LogP contribution in [0.4, 0.5) is 4.39 Å². The van der Waals surface area contributed by atoms with Gasteiger partial charge < -0.3 is 10.6 Å². The summed E-state index contributed by atoms with van der Waals surface area (Å²) in [5.74, 6) is -0.551. The first-order valence-corrected chi connectivity index (χ1v) is 6.44. The van der Waals surface area contributed by atoms with Crippen molar-refractivity contribution in [2.75, 3.05) is 13.1 Å². The fourth-order valence-electron chi connectivity index (χ4n) is 2.28. The summed E-state index contributed by atoms with van der Waals surface area (Å²) >= 11 is 0. The van der Waals surface area contributed by atoms with Crippen molar-refractivity contribution in [1.82, 2.24) is 10.6 Å². The van der Waals surface area contributed by atoms with Gasteiger partial charge in [-0.15, -0.1) is 0 Å². The molecule has 4 heteroatoms. The van der Waals surface area contributed by atoms with Crippen molar-refractivity contribution in [3.8, 4) is 0 Å². The lowest BCUT2D eigenvalue weighted by atomic mass is 10.1. The van der Waals surface area contributed by atoms with Crippen LogP contribution in [0.25, 0.3) is 0 Å². The number of halogens is 1. The van der Waals surface area contributed by atoms with E-state index in [2.05, 4.69) is 10.6 Å². The average molecular weight is 250 g/mol. The van der Waals surface area contributed by atoms with Crippen LogP contribution in [0.2, 0.25) is 0 Å². The van der Waals surface area contributed by atoms with Crippen LogP contribution in [0.5, 0.6) is 0 Å². The Balaban J connectivity index is 2.01. The van der Waals surface area contributed by atoms with E-state index in [1.54, 1.807) is 13.0 Å². The molecule has 0 bridgehead atoms. The van der Waals surface area contributed by atoms with Crippen molar-refractivity contribution < 1.29 is 9.18 Å². The molecule has 98 valence electrons. The molecule has 0 radical (unpaired) electrons. The molecule has 1 heterocycles. The monoisotopic (exact) mass is 250 g/mol. The normalized spacial score (nSPS) is 20.2. The zero-order valence-electron chi connectivity index (χ0n) is 10.6. The third-order valence-corrected chi connectivity index (χ3v) is 3.19. The second-order valence-corrected chi connectivity index (χ2v) is 4.89. The molecule has 1 aliphatic heterocycles. The second-order valence-electron chi connectivity index (χ2n) is 4.89. The molecule has 1 unspecified atom stereocenters. The fraction of sp³-hybridized carbons (Fsp3) is 0.500. The molecule has 0 aromatic heterocycles. The highest BCUT2D eigenvalue weighted by atomic mass is 19.1. The maximum atomic E-state index is 13.2. The Morgan fingerprint density at radius 1 is 1.39 bits per heavy atom. The van der Waals surface area contributed by atoms with E-state index in [1.807, 2.05) is 0 Å². The number of benzene rings is 1. The van der Waals surface area contributed by atoms with Crippen LogP contribution in [0, 0.1) is 12.7 Å². The van der Waals surface area contributed by atoms with Crippen molar-refractivity contribution in [2.45, 2.75) is 32.2 Å². The van der Waals surface area contributed by atoms with Gasteiger partial charge in [-0.2, -0.15) is 0 Å². The van der Waals surface area contributed by atoms with Crippen LogP contribution in [-0.2, 0) is 0 Å². The lowest BCUT2D eigenvalue weighted by Crippen LogP contribution is -2.40. The number of rotatable bonds is 2. The van der Waals surface area contributed by atoms with Crippen LogP contribution in [-0.4, -0.2) is 25.0 Å². The molecule has 2 rings (SSSR count). The van der Waals surface area contributed by atoms with Crippen molar-refractivity contribution in [2.24, 2.45) is 0 Å². The molecule has 1 fully saturated rings. The Hall–Kier alpha value is -1.42. The van der Waals surface area contributed by atoms with Gasteiger partial charge in [0.05, 0.1) is 0 Å². The van der Waals surface area contributed by atoms with Crippen LogP contribution in [0.15, 0.2) is 18.2 Å². The summed E-state index contributed by atoms with van der Waals surface area (Å²) in [6.45, 7) is 3.58. The third kappa shape index (κ3) is 3.53. The molecule has 18 heavy (non-hydrogen) atoms. The summed E-state index contributed by atoms with van der Waals surface area (Å²) in [6.07, 6.45) is 3.23. The highest BCUT2D eigenvalue weighted by Gasteiger charge is 2.16. The van der Waals surface area contributed by atoms with E-state index >= 15 is 0 Å². The molecule has 2 N–H and O–H groups in total. The number of carbonyl (C=O) groups is 1. The molecule has 0 spiro atoms. The standard InChI is InChI=1S/C14H19FN2O/c1-10-6-11(8-12(15)7-10)14(18)17-13-4-2-3-5-16-9-13/h6-8,13,16H,2-5,9H2,1H3,(H,17,18). The third-order valence-electron chi connectivity index (χ3n) is 3.19. The van der Waals surface area contributed by atoms with Crippen LogP contribution < -0.4 is 10.6 Å². The van der Waals surface area contributed by atoms with Crippen molar-refractivity contribution in [3.63, 3.8) is 0 Å². The molecule has 3 nitrogen and oxygen atoms in total. The maximum absolute atomic E-state index is 13.2. The summed E-state index contributed by atoms with van der Waals surface area (Å²) in [5, 5.41) is 6.25. The van der Waals surface area contributed by atoms with Gasteiger partial charge in [0.25, 0.3) is 5.91 Å². The van der Waals surface area contributed by atoms with Gasteiger partial charge in [0.1, 0.15) is 5.82 Å². The SMILES string of the molecule is Cc1cc(F)cc(C(=O)NC2CCCCNC2)c1. The average Bonchev–Trinajstić information content (AvgIpc) is 2.56. The summed E-state index contributed by atoms with van der Waals surface area (Å²) in [4.78, 5) is 12.0. The summed E-state index contributed by atoms with van der Waals surface area (Å²) in [6, 6.07) is 4.56. The minimum Gasteiger partial charge on any atom is -0.348 e. The Kier molecular flexibility index (Phi) is 4.31. The van der Waals surface area contributed by atoms with Gasteiger partial charge in [-0.1, -0.05) is 6.42 Å². The molecule has 1 aliphatic rings. The van der Waals surface area contributed by atoms with Crippen molar-refractivity contribution in [1.29, 1.82) is 0 Å². The van der Waals surface area contributed by atoms with E-state index in [0.717, 1.165) is 37.9 Å². The van der Waals surface area contributed by atoms with E-state index in [-0.39, 0.29) is 17.8 Å². The van der Waals surface area contributed by atoms with Gasteiger partial charge >= 0.3 is 0 Å². The topological polar surface area (TPSA) is 41.1 Å². The number of carbonyl (C=O) groups excluding carboxylic acids is 1. The fourth-order valence-corrected chi connectivity index (χ4v) is 2.28. The van der Waals surface area contributed by atoms with Gasteiger partial charge in [0, 0.05) is 18.2 Å². The van der Waals surface area contributed by atoms with Gasteiger partial charge in [0.15, 0.2) is 0 Å². The molecule has 1 aromatic rings. The van der Waals surface area contributed by atoms with Gasteiger partial charge in [-0.05, 0) is 50.1 Å². The van der Waals surface area contributed by atoms with Gasteiger partial charge in [-0.3, -0.25) is 4.79 Å². The lowest BCUT2D eigenvalue weighted by Gasteiger charge is -2.16. The van der Waals surface area contributed by atoms with E-state index < -0.39 is 0 Å². The summed E-state index contributed by atoms with van der Waals surface area (Å²) in [7, 11) is 0. The highest BCUT2D eigenvalue weighted by Crippen LogP contribution is 2.10. The minimum atomic E-state index is -0.362.